The molecule has 1 aromatic heterocycles. The van der Waals surface area contributed by atoms with E-state index in [1.54, 1.807) is 6.20 Å². The maximum Gasteiger partial charge on any atom is 0.208 e. The topological polar surface area (TPSA) is 47.3 Å². The molecule has 0 radical (unpaired) electrons. The van der Waals surface area contributed by atoms with Gasteiger partial charge in [-0.05, 0) is 20.4 Å². The third kappa shape index (κ3) is 3.89. The molecule has 0 aliphatic heterocycles. The molecule has 0 fully saturated rings. The first-order valence-corrected chi connectivity index (χ1v) is 4.98. The maximum absolute atomic E-state index is 5.44. The van der Waals surface area contributed by atoms with E-state index in [9.17, 15) is 0 Å². The molecular formula is C10H18N2O2. The Morgan fingerprint density at radius 1 is 1.57 bits per heavy atom. The van der Waals surface area contributed by atoms with Gasteiger partial charge in [0.1, 0.15) is 12.4 Å². The van der Waals surface area contributed by atoms with Crippen LogP contribution in [0.2, 0.25) is 0 Å². The van der Waals surface area contributed by atoms with E-state index < -0.39 is 0 Å². The Hall–Kier alpha value is -0.870. The molecule has 0 atom stereocenters. The molecule has 4 nitrogen and oxygen atoms in total. The number of rotatable bonds is 6. The van der Waals surface area contributed by atoms with E-state index >= 15 is 0 Å². The largest absolute Gasteiger partial charge is 0.442 e. The Morgan fingerprint density at radius 2 is 2.36 bits per heavy atom. The van der Waals surface area contributed by atoms with Gasteiger partial charge in [0.25, 0.3) is 0 Å². The Labute approximate surface area is 84.7 Å². The van der Waals surface area contributed by atoms with Crippen LogP contribution in [0, 0.1) is 0 Å². The zero-order valence-corrected chi connectivity index (χ0v) is 9.04. The van der Waals surface area contributed by atoms with Crippen LogP contribution in [-0.2, 0) is 17.9 Å². The van der Waals surface area contributed by atoms with Gasteiger partial charge < -0.3 is 14.5 Å². The van der Waals surface area contributed by atoms with Gasteiger partial charge in [-0.3, -0.25) is 0 Å². The highest BCUT2D eigenvalue weighted by atomic mass is 16.5. The third-order valence-electron chi connectivity index (χ3n) is 1.69. The summed E-state index contributed by atoms with van der Waals surface area (Å²) in [5, 5.41) is 3.15. The summed E-state index contributed by atoms with van der Waals surface area (Å²) in [6.07, 6.45) is 1.94. The summed E-state index contributed by atoms with van der Waals surface area (Å²) in [7, 11) is 0. The second-order valence-corrected chi connectivity index (χ2v) is 3.36. The molecule has 0 saturated heterocycles. The van der Waals surface area contributed by atoms with Crippen molar-refractivity contribution in [3.63, 3.8) is 0 Å². The molecule has 1 N–H and O–H groups in total. The lowest BCUT2D eigenvalue weighted by molar-refractivity contribution is 0.0538. The van der Waals surface area contributed by atoms with Gasteiger partial charge in [-0.2, -0.15) is 0 Å². The molecule has 4 heteroatoms. The number of aromatic nitrogens is 1. The molecule has 0 amide bonds. The van der Waals surface area contributed by atoms with E-state index in [0.29, 0.717) is 19.0 Å². The first kappa shape index (κ1) is 11.2. The quantitative estimate of drug-likeness (QED) is 0.756. The zero-order chi connectivity index (χ0) is 10.4. The van der Waals surface area contributed by atoms with Crippen LogP contribution < -0.4 is 5.32 Å². The van der Waals surface area contributed by atoms with E-state index in [-0.39, 0.29) is 6.10 Å². The summed E-state index contributed by atoms with van der Waals surface area (Å²) in [4.78, 5) is 4.12. The molecule has 1 aromatic rings. The highest BCUT2D eigenvalue weighted by Gasteiger charge is 2.03. The van der Waals surface area contributed by atoms with Gasteiger partial charge >= 0.3 is 0 Å². The fraction of sp³-hybridized carbons (Fsp3) is 0.700. The standard InChI is InChI=1S/C10H18N2O2/c1-4-11-6-10-12-5-9(14-10)7-13-8(2)3/h5,8,11H,4,6-7H2,1-3H3. The fourth-order valence-electron chi connectivity index (χ4n) is 0.977. The molecule has 0 aromatic carbocycles. The predicted octanol–water partition coefficient (Wildman–Crippen LogP) is 1.71. The smallest absolute Gasteiger partial charge is 0.208 e. The van der Waals surface area contributed by atoms with Crippen LogP contribution in [0.15, 0.2) is 10.6 Å². The van der Waals surface area contributed by atoms with Crippen LogP contribution in [0.1, 0.15) is 32.4 Å². The molecule has 80 valence electrons. The minimum atomic E-state index is 0.220. The van der Waals surface area contributed by atoms with Gasteiger partial charge in [0.2, 0.25) is 5.89 Å². The highest BCUT2D eigenvalue weighted by Crippen LogP contribution is 2.06. The van der Waals surface area contributed by atoms with E-state index in [1.807, 2.05) is 20.8 Å². The Morgan fingerprint density at radius 3 is 3.00 bits per heavy atom. The molecule has 0 saturated carbocycles. The van der Waals surface area contributed by atoms with Gasteiger partial charge in [-0.1, -0.05) is 6.92 Å². The third-order valence-corrected chi connectivity index (χ3v) is 1.69. The SMILES string of the molecule is CCNCc1ncc(COC(C)C)o1. The monoisotopic (exact) mass is 198 g/mol. The summed E-state index contributed by atoms with van der Waals surface area (Å²) in [5.74, 6) is 1.50. The lowest BCUT2D eigenvalue weighted by Gasteiger charge is -2.03. The first-order chi connectivity index (χ1) is 6.72. The van der Waals surface area contributed by atoms with Gasteiger partial charge in [0, 0.05) is 0 Å². The summed E-state index contributed by atoms with van der Waals surface area (Å²) in [6, 6.07) is 0. The van der Waals surface area contributed by atoms with Crippen LogP contribution in [0.25, 0.3) is 0 Å². The summed E-state index contributed by atoms with van der Waals surface area (Å²) in [5.41, 5.74) is 0. The van der Waals surface area contributed by atoms with Crippen LogP contribution in [0.4, 0.5) is 0 Å². The summed E-state index contributed by atoms with van der Waals surface area (Å²) < 4.78 is 10.8. The second-order valence-electron chi connectivity index (χ2n) is 3.36. The lowest BCUT2D eigenvalue weighted by atomic mass is 10.5. The number of hydrogen-bond donors (Lipinski definition) is 1. The van der Waals surface area contributed by atoms with Crippen molar-refractivity contribution >= 4 is 0 Å². The molecule has 0 spiro atoms. The van der Waals surface area contributed by atoms with Crippen molar-refractivity contribution in [1.82, 2.24) is 10.3 Å². The highest BCUT2D eigenvalue weighted by molar-refractivity contribution is 4.92. The normalized spacial score (nSPS) is 11.1. The second kappa shape index (κ2) is 5.78. The number of oxazole rings is 1. The van der Waals surface area contributed by atoms with Crippen molar-refractivity contribution in [2.45, 2.75) is 40.0 Å². The van der Waals surface area contributed by atoms with Crippen molar-refractivity contribution in [2.24, 2.45) is 0 Å². The van der Waals surface area contributed by atoms with Gasteiger partial charge in [-0.25, -0.2) is 4.98 Å². The zero-order valence-electron chi connectivity index (χ0n) is 9.04. The van der Waals surface area contributed by atoms with Crippen molar-refractivity contribution in [2.75, 3.05) is 6.54 Å². The summed E-state index contributed by atoms with van der Waals surface area (Å²) >= 11 is 0. The average molecular weight is 198 g/mol. The van der Waals surface area contributed by atoms with Crippen molar-refractivity contribution in [1.29, 1.82) is 0 Å². The van der Waals surface area contributed by atoms with Crippen LogP contribution >= 0.6 is 0 Å². The lowest BCUT2D eigenvalue weighted by Crippen LogP contribution is -2.11. The Bertz CT molecular complexity index is 258. The number of nitrogens with one attached hydrogen (secondary N) is 1. The average Bonchev–Trinajstić information content (AvgIpc) is 2.59. The first-order valence-electron chi connectivity index (χ1n) is 4.98. The molecule has 1 rings (SSSR count). The van der Waals surface area contributed by atoms with E-state index in [1.165, 1.54) is 0 Å². The van der Waals surface area contributed by atoms with Gasteiger partial charge in [0.15, 0.2) is 0 Å². The molecule has 0 aliphatic carbocycles. The molecular weight excluding hydrogens is 180 g/mol. The van der Waals surface area contributed by atoms with E-state index in [2.05, 4.69) is 10.3 Å². The van der Waals surface area contributed by atoms with Gasteiger partial charge in [-0.15, -0.1) is 0 Å². The molecule has 1 heterocycles. The maximum atomic E-state index is 5.44. The van der Waals surface area contributed by atoms with Crippen LogP contribution in [-0.4, -0.2) is 17.6 Å². The summed E-state index contributed by atoms with van der Waals surface area (Å²) in [6.45, 7) is 8.13. The fourth-order valence-corrected chi connectivity index (χ4v) is 0.977. The predicted molar refractivity (Wildman–Crippen MR) is 53.8 cm³/mol. The minimum Gasteiger partial charge on any atom is -0.442 e. The molecule has 0 aliphatic rings. The van der Waals surface area contributed by atoms with Crippen LogP contribution in [0.5, 0.6) is 0 Å². The van der Waals surface area contributed by atoms with E-state index in [4.69, 9.17) is 9.15 Å². The van der Waals surface area contributed by atoms with Crippen LogP contribution in [0.3, 0.4) is 0 Å². The Kier molecular flexibility index (Phi) is 4.62. The molecule has 14 heavy (non-hydrogen) atoms. The van der Waals surface area contributed by atoms with Crippen molar-refractivity contribution < 1.29 is 9.15 Å². The number of nitrogens with zero attached hydrogens (tertiary/aromatic N) is 1. The minimum absolute atomic E-state index is 0.220. The number of ether oxygens (including phenoxy) is 1. The number of hydrogen-bond acceptors (Lipinski definition) is 4. The van der Waals surface area contributed by atoms with E-state index in [0.717, 1.165) is 12.3 Å². The van der Waals surface area contributed by atoms with Crippen molar-refractivity contribution in [3.8, 4) is 0 Å². The Balaban J connectivity index is 2.35. The molecule has 0 unspecified atom stereocenters. The molecule has 0 bridgehead atoms. The van der Waals surface area contributed by atoms with Gasteiger partial charge in [0.05, 0.1) is 18.8 Å². The van der Waals surface area contributed by atoms with Crippen molar-refractivity contribution in [3.05, 3.63) is 17.8 Å².